The number of amides is 2. The van der Waals surface area contributed by atoms with E-state index in [9.17, 15) is 9.59 Å². The summed E-state index contributed by atoms with van der Waals surface area (Å²) in [7, 11) is 0. The van der Waals surface area contributed by atoms with Crippen LogP contribution in [0.3, 0.4) is 0 Å². The fraction of sp³-hybridized carbons (Fsp3) is 0.222. The molecule has 1 aliphatic heterocycles. The Kier molecular flexibility index (Phi) is 4.71. The highest BCUT2D eigenvalue weighted by atomic mass is 35.5. The van der Waals surface area contributed by atoms with Gasteiger partial charge in [0.25, 0.3) is 5.91 Å². The van der Waals surface area contributed by atoms with Crippen LogP contribution in [-0.2, 0) is 9.59 Å². The third-order valence-corrected chi connectivity index (χ3v) is 4.08. The molecule has 2 amide bonds. The van der Waals surface area contributed by atoms with Gasteiger partial charge < -0.3 is 10.1 Å². The van der Waals surface area contributed by atoms with Gasteiger partial charge in [-0.15, -0.1) is 0 Å². The SMILES string of the molecule is C[C@@H](NC(=O)CN1C(=O)COc2ccc(Cl)cc21)c1ccccc1. The van der Waals surface area contributed by atoms with E-state index in [1.54, 1.807) is 18.2 Å². The van der Waals surface area contributed by atoms with Crippen molar-refractivity contribution in [2.45, 2.75) is 13.0 Å². The average Bonchev–Trinajstić information content (AvgIpc) is 2.58. The van der Waals surface area contributed by atoms with Crippen molar-refractivity contribution in [3.05, 3.63) is 59.1 Å². The van der Waals surface area contributed by atoms with Gasteiger partial charge in [-0.3, -0.25) is 14.5 Å². The zero-order valence-electron chi connectivity index (χ0n) is 13.2. The lowest BCUT2D eigenvalue weighted by Gasteiger charge is -2.29. The molecule has 0 saturated heterocycles. The van der Waals surface area contributed by atoms with Crippen molar-refractivity contribution >= 4 is 29.1 Å². The van der Waals surface area contributed by atoms with Gasteiger partial charge in [-0.2, -0.15) is 0 Å². The number of ether oxygens (including phenoxy) is 1. The maximum atomic E-state index is 12.4. The van der Waals surface area contributed by atoms with Crippen LogP contribution in [0.1, 0.15) is 18.5 Å². The van der Waals surface area contributed by atoms with Gasteiger partial charge in [0.05, 0.1) is 11.7 Å². The number of anilines is 1. The number of nitrogens with one attached hydrogen (secondary N) is 1. The van der Waals surface area contributed by atoms with Gasteiger partial charge in [0.1, 0.15) is 12.3 Å². The Morgan fingerprint density at radius 2 is 2.04 bits per heavy atom. The largest absolute Gasteiger partial charge is 0.482 e. The zero-order valence-corrected chi connectivity index (χ0v) is 13.9. The van der Waals surface area contributed by atoms with Gasteiger partial charge in [0.15, 0.2) is 6.61 Å². The Morgan fingerprint density at radius 1 is 1.29 bits per heavy atom. The van der Waals surface area contributed by atoms with Crippen LogP contribution in [0.5, 0.6) is 5.75 Å². The lowest BCUT2D eigenvalue weighted by Crippen LogP contribution is -2.45. The topological polar surface area (TPSA) is 58.6 Å². The first kappa shape index (κ1) is 16.3. The van der Waals surface area contributed by atoms with Crippen LogP contribution in [0.2, 0.25) is 5.02 Å². The van der Waals surface area contributed by atoms with Gasteiger partial charge in [0.2, 0.25) is 5.91 Å². The maximum Gasteiger partial charge on any atom is 0.265 e. The first-order valence-electron chi connectivity index (χ1n) is 7.61. The van der Waals surface area contributed by atoms with Crippen LogP contribution in [-0.4, -0.2) is 25.0 Å². The van der Waals surface area contributed by atoms with Crippen LogP contribution in [0, 0.1) is 0 Å². The minimum absolute atomic E-state index is 0.0767. The molecule has 0 fully saturated rings. The Bertz CT molecular complexity index is 764. The normalized spacial score (nSPS) is 14.6. The van der Waals surface area contributed by atoms with Crippen molar-refractivity contribution in [3.8, 4) is 5.75 Å². The fourth-order valence-corrected chi connectivity index (χ4v) is 2.77. The van der Waals surface area contributed by atoms with Gasteiger partial charge in [0, 0.05) is 5.02 Å². The van der Waals surface area contributed by atoms with Crippen molar-refractivity contribution in [2.24, 2.45) is 0 Å². The molecule has 0 aromatic heterocycles. The summed E-state index contributed by atoms with van der Waals surface area (Å²) in [6, 6.07) is 14.5. The number of benzene rings is 2. The number of carbonyl (C=O) groups is 2. The second kappa shape index (κ2) is 6.93. The van der Waals surface area contributed by atoms with Gasteiger partial charge in [-0.1, -0.05) is 41.9 Å². The predicted molar refractivity (Wildman–Crippen MR) is 92.3 cm³/mol. The molecule has 0 bridgehead atoms. The number of fused-ring (bicyclic) bond motifs is 1. The molecule has 0 spiro atoms. The monoisotopic (exact) mass is 344 g/mol. The Hall–Kier alpha value is -2.53. The highest BCUT2D eigenvalue weighted by Gasteiger charge is 2.27. The molecule has 1 N–H and O–H groups in total. The minimum Gasteiger partial charge on any atom is -0.482 e. The number of hydrogen-bond donors (Lipinski definition) is 1. The number of nitrogens with zero attached hydrogens (tertiary/aromatic N) is 1. The maximum absolute atomic E-state index is 12.4. The van der Waals surface area contributed by atoms with Crippen LogP contribution >= 0.6 is 11.6 Å². The third-order valence-electron chi connectivity index (χ3n) is 3.84. The Balaban J connectivity index is 1.72. The van der Waals surface area contributed by atoms with E-state index in [-0.39, 0.29) is 31.0 Å². The molecule has 1 aliphatic rings. The van der Waals surface area contributed by atoms with Crippen molar-refractivity contribution in [1.82, 2.24) is 5.32 Å². The van der Waals surface area contributed by atoms with E-state index in [0.29, 0.717) is 16.5 Å². The third kappa shape index (κ3) is 3.51. The molecule has 5 nitrogen and oxygen atoms in total. The molecular weight excluding hydrogens is 328 g/mol. The second-order valence-corrected chi connectivity index (χ2v) is 6.02. The average molecular weight is 345 g/mol. The van der Waals surface area contributed by atoms with E-state index >= 15 is 0 Å². The standard InChI is InChI=1S/C18H17ClN2O3/c1-12(13-5-3-2-4-6-13)20-17(22)10-21-15-9-14(19)7-8-16(15)24-11-18(21)23/h2-9,12H,10-11H2,1H3,(H,20,22)/t12-/m1/s1. The van der Waals surface area contributed by atoms with Crippen LogP contribution < -0.4 is 15.0 Å². The number of carbonyl (C=O) groups excluding carboxylic acids is 2. The molecule has 0 aliphatic carbocycles. The molecule has 24 heavy (non-hydrogen) atoms. The number of halogens is 1. The van der Waals surface area contributed by atoms with Crippen LogP contribution in [0.25, 0.3) is 0 Å². The highest BCUT2D eigenvalue weighted by Crippen LogP contribution is 2.34. The molecule has 124 valence electrons. The quantitative estimate of drug-likeness (QED) is 0.927. The molecule has 0 unspecified atom stereocenters. The van der Waals surface area contributed by atoms with Crippen molar-refractivity contribution in [3.63, 3.8) is 0 Å². The van der Waals surface area contributed by atoms with Crippen molar-refractivity contribution in [1.29, 1.82) is 0 Å². The fourth-order valence-electron chi connectivity index (χ4n) is 2.60. The predicted octanol–water partition coefficient (Wildman–Crippen LogP) is 2.94. The van der Waals surface area contributed by atoms with E-state index in [0.717, 1.165) is 5.56 Å². The lowest BCUT2D eigenvalue weighted by atomic mass is 10.1. The van der Waals surface area contributed by atoms with Crippen molar-refractivity contribution in [2.75, 3.05) is 18.1 Å². The number of hydrogen-bond acceptors (Lipinski definition) is 3. The summed E-state index contributed by atoms with van der Waals surface area (Å²) in [6.45, 7) is 1.74. The molecule has 6 heteroatoms. The zero-order chi connectivity index (χ0) is 17.1. The molecule has 1 atom stereocenters. The first-order chi connectivity index (χ1) is 11.5. The molecule has 1 heterocycles. The summed E-state index contributed by atoms with van der Waals surface area (Å²) < 4.78 is 5.37. The van der Waals surface area contributed by atoms with Crippen LogP contribution in [0.4, 0.5) is 5.69 Å². The van der Waals surface area contributed by atoms with Crippen LogP contribution in [0.15, 0.2) is 48.5 Å². The van der Waals surface area contributed by atoms with E-state index < -0.39 is 0 Å². The number of rotatable bonds is 4. The van der Waals surface area contributed by atoms with Gasteiger partial charge in [-0.05, 0) is 30.7 Å². The van der Waals surface area contributed by atoms with E-state index in [4.69, 9.17) is 16.3 Å². The molecular formula is C18H17ClN2O3. The molecule has 2 aromatic rings. The lowest BCUT2D eigenvalue weighted by molar-refractivity contribution is -0.125. The molecule has 0 saturated carbocycles. The summed E-state index contributed by atoms with van der Waals surface area (Å²) in [6.07, 6.45) is 0. The first-order valence-corrected chi connectivity index (χ1v) is 7.99. The van der Waals surface area contributed by atoms with Crippen molar-refractivity contribution < 1.29 is 14.3 Å². The highest BCUT2D eigenvalue weighted by molar-refractivity contribution is 6.31. The summed E-state index contributed by atoms with van der Waals surface area (Å²) in [5, 5.41) is 3.38. The Morgan fingerprint density at radius 3 is 2.79 bits per heavy atom. The van der Waals surface area contributed by atoms with E-state index in [2.05, 4.69) is 5.32 Å². The summed E-state index contributed by atoms with van der Waals surface area (Å²) in [5.41, 5.74) is 1.52. The van der Waals surface area contributed by atoms with Gasteiger partial charge in [-0.25, -0.2) is 0 Å². The summed E-state index contributed by atoms with van der Waals surface area (Å²) in [4.78, 5) is 25.9. The molecule has 3 rings (SSSR count). The van der Waals surface area contributed by atoms with E-state index in [1.165, 1.54) is 4.90 Å². The smallest absolute Gasteiger partial charge is 0.265 e. The molecule has 2 aromatic carbocycles. The summed E-state index contributed by atoms with van der Waals surface area (Å²) in [5.74, 6) is 0.0303. The van der Waals surface area contributed by atoms with E-state index in [1.807, 2.05) is 37.3 Å². The minimum atomic E-state index is -0.271. The van der Waals surface area contributed by atoms with Gasteiger partial charge >= 0.3 is 0 Å². The summed E-state index contributed by atoms with van der Waals surface area (Å²) >= 11 is 6.00. The second-order valence-electron chi connectivity index (χ2n) is 5.58. The Labute approximate surface area is 145 Å². The molecule has 0 radical (unpaired) electrons.